The van der Waals surface area contributed by atoms with E-state index < -0.39 is 5.63 Å². The normalized spacial score (nSPS) is 10.0. The number of hydrogen-bond acceptors (Lipinski definition) is 3. The first-order chi connectivity index (χ1) is 5.24. The third kappa shape index (κ3) is 2.17. The van der Waals surface area contributed by atoms with E-state index >= 15 is 0 Å². The summed E-state index contributed by atoms with van der Waals surface area (Å²) in [6, 6.07) is 2.93. The maximum Gasteiger partial charge on any atom is 0.335 e. The summed E-state index contributed by atoms with van der Waals surface area (Å²) in [5.41, 5.74) is -0.392. The summed E-state index contributed by atoms with van der Waals surface area (Å²) in [6.07, 6.45) is 0.358. The number of aliphatic hydroxyl groups is 1. The van der Waals surface area contributed by atoms with Crippen LogP contribution in [0.4, 0.5) is 0 Å². The average Bonchev–Trinajstić information content (AvgIpc) is 1.98. The molecule has 0 aromatic carbocycles. The van der Waals surface area contributed by atoms with E-state index in [9.17, 15) is 4.79 Å². The van der Waals surface area contributed by atoms with Crippen LogP contribution in [0.15, 0.2) is 25.8 Å². The Morgan fingerprint density at radius 2 is 2.27 bits per heavy atom. The minimum absolute atomic E-state index is 0.0223. The van der Waals surface area contributed by atoms with Crippen LogP contribution < -0.4 is 5.63 Å². The monoisotopic (exact) mass is 218 g/mol. The van der Waals surface area contributed by atoms with Gasteiger partial charge in [0.2, 0.25) is 0 Å². The lowest BCUT2D eigenvalue weighted by atomic mass is 10.3. The Kier molecular flexibility index (Phi) is 2.84. The molecule has 4 heteroatoms. The molecule has 1 aromatic heterocycles. The molecule has 3 nitrogen and oxygen atoms in total. The van der Waals surface area contributed by atoms with E-state index in [4.69, 9.17) is 9.52 Å². The highest BCUT2D eigenvalue weighted by Crippen LogP contribution is 2.13. The number of halogens is 1. The molecule has 1 rings (SSSR count). The second-order valence-corrected chi connectivity index (χ2v) is 2.85. The molecule has 60 valence electrons. The van der Waals surface area contributed by atoms with Crippen LogP contribution in [0, 0.1) is 0 Å². The maximum atomic E-state index is 10.6. The molecular formula is C7H7BrO3. The first-order valence-corrected chi connectivity index (χ1v) is 3.92. The Hall–Kier alpha value is -0.610. The predicted molar refractivity (Wildman–Crippen MR) is 43.5 cm³/mol. The van der Waals surface area contributed by atoms with Crippen molar-refractivity contribution in [2.45, 2.75) is 6.42 Å². The van der Waals surface area contributed by atoms with Gasteiger partial charge in [-0.05, 0) is 22.0 Å². The highest BCUT2D eigenvalue weighted by molar-refractivity contribution is 9.10. The predicted octanol–water partition coefficient (Wildman–Crippen LogP) is 0.937. The summed E-state index contributed by atoms with van der Waals surface area (Å²) < 4.78 is 5.50. The van der Waals surface area contributed by atoms with Crippen molar-refractivity contribution in [2.24, 2.45) is 0 Å². The van der Waals surface area contributed by atoms with Gasteiger partial charge >= 0.3 is 5.63 Å². The lowest BCUT2D eigenvalue weighted by Crippen LogP contribution is -2.01. The van der Waals surface area contributed by atoms with Gasteiger partial charge in [-0.2, -0.15) is 0 Å². The number of hydrogen-bond donors (Lipinski definition) is 1. The van der Waals surface area contributed by atoms with E-state index in [1.54, 1.807) is 6.07 Å². The Morgan fingerprint density at radius 1 is 1.55 bits per heavy atom. The van der Waals surface area contributed by atoms with Gasteiger partial charge in [0.1, 0.15) is 5.76 Å². The molecule has 0 aliphatic carbocycles. The quantitative estimate of drug-likeness (QED) is 0.805. The molecule has 0 aliphatic rings. The fraction of sp³-hybridized carbons (Fsp3) is 0.286. The molecule has 0 aliphatic heterocycles. The summed E-state index contributed by atoms with van der Waals surface area (Å²) in [5.74, 6) is 0.486. The van der Waals surface area contributed by atoms with Gasteiger partial charge in [-0.15, -0.1) is 0 Å². The summed E-state index contributed by atoms with van der Waals surface area (Å²) in [4.78, 5) is 10.6. The van der Waals surface area contributed by atoms with Crippen LogP contribution in [-0.2, 0) is 6.42 Å². The Labute approximate surface area is 71.8 Å². The van der Waals surface area contributed by atoms with Crippen LogP contribution in [0.3, 0.4) is 0 Å². The summed E-state index contributed by atoms with van der Waals surface area (Å²) in [7, 11) is 0. The number of rotatable bonds is 2. The van der Waals surface area contributed by atoms with Crippen molar-refractivity contribution in [1.29, 1.82) is 0 Å². The van der Waals surface area contributed by atoms with E-state index in [0.29, 0.717) is 16.7 Å². The van der Waals surface area contributed by atoms with Gasteiger partial charge in [0.15, 0.2) is 0 Å². The highest BCUT2D eigenvalue weighted by Gasteiger charge is 2.01. The molecule has 0 spiro atoms. The van der Waals surface area contributed by atoms with Gasteiger partial charge in [0.25, 0.3) is 0 Å². The van der Waals surface area contributed by atoms with Crippen molar-refractivity contribution < 1.29 is 9.52 Å². The first kappa shape index (κ1) is 8.49. The topological polar surface area (TPSA) is 50.4 Å². The standard InChI is InChI=1S/C7H7BrO3/c8-5-1-2-7(10)11-6(5)3-4-9/h1-2,9H,3-4H2. The molecule has 0 bridgehead atoms. The Bertz CT molecular complexity index is 292. The lowest BCUT2D eigenvalue weighted by Gasteiger charge is -1.97. The first-order valence-electron chi connectivity index (χ1n) is 3.13. The van der Waals surface area contributed by atoms with Crippen molar-refractivity contribution in [1.82, 2.24) is 0 Å². The van der Waals surface area contributed by atoms with Gasteiger partial charge in [-0.25, -0.2) is 4.79 Å². The van der Waals surface area contributed by atoms with Gasteiger partial charge < -0.3 is 9.52 Å². The molecule has 0 saturated carbocycles. The maximum absolute atomic E-state index is 10.6. The van der Waals surface area contributed by atoms with Gasteiger partial charge in [0, 0.05) is 12.5 Å². The minimum Gasteiger partial charge on any atom is -0.427 e. The molecular weight excluding hydrogens is 212 g/mol. The Balaban J connectivity index is 3.02. The second-order valence-electron chi connectivity index (χ2n) is 2.00. The molecule has 0 radical (unpaired) electrons. The van der Waals surface area contributed by atoms with E-state index in [1.165, 1.54) is 6.07 Å². The largest absolute Gasteiger partial charge is 0.427 e. The SMILES string of the molecule is O=c1ccc(Br)c(CCO)o1. The zero-order valence-electron chi connectivity index (χ0n) is 5.71. The average molecular weight is 219 g/mol. The van der Waals surface area contributed by atoms with Crippen molar-refractivity contribution >= 4 is 15.9 Å². The molecule has 0 atom stereocenters. The molecule has 1 heterocycles. The minimum atomic E-state index is -0.392. The fourth-order valence-electron chi connectivity index (χ4n) is 0.710. The van der Waals surface area contributed by atoms with Crippen molar-refractivity contribution in [3.63, 3.8) is 0 Å². The molecule has 0 saturated heterocycles. The smallest absolute Gasteiger partial charge is 0.335 e. The van der Waals surface area contributed by atoms with Crippen molar-refractivity contribution in [2.75, 3.05) is 6.61 Å². The van der Waals surface area contributed by atoms with Crippen LogP contribution in [-0.4, -0.2) is 11.7 Å². The second kappa shape index (κ2) is 3.69. The van der Waals surface area contributed by atoms with Crippen LogP contribution in [0.2, 0.25) is 0 Å². The van der Waals surface area contributed by atoms with Crippen molar-refractivity contribution in [3.05, 3.63) is 32.8 Å². The lowest BCUT2D eigenvalue weighted by molar-refractivity contribution is 0.283. The van der Waals surface area contributed by atoms with Gasteiger partial charge in [-0.1, -0.05) is 0 Å². The molecule has 1 N–H and O–H groups in total. The summed E-state index contributed by atoms with van der Waals surface area (Å²) in [5, 5.41) is 8.55. The van der Waals surface area contributed by atoms with Gasteiger partial charge in [-0.3, -0.25) is 0 Å². The molecule has 0 unspecified atom stereocenters. The zero-order valence-corrected chi connectivity index (χ0v) is 7.30. The third-order valence-corrected chi connectivity index (χ3v) is 1.90. The van der Waals surface area contributed by atoms with E-state index in [0.717, 1.165) is 0 Å². The van der Waals surface area contributed by atoms with E-state index in [1.807, 2.05) is 0 Å². The molecule has 11 heavy (non-hydrogen) atoms. The van der Waals surface area contributed by atoms with Crippen LogP contribution in [0.5, 0.6) is 0 Å². The Morgan fingerprint density at radius 3 is 2.91 bits per heavy atom. The van der Waals surface area contributed by atoms with Crippen LogP contribution in [0.1, 0.15) is 5.76 Å². The van der Waals surface area contributed by atoms with Gasteiger partial charge in [0.05, 0.1) is 11.1 Å². The number of aliphatic hydroxyl groups excluding tert-OH is 1. The van der Waals surface area contributed by atoms with Crippen LogP contribution >= 0.6 is 15.9 Å². The molecule has 0 amide bonds. The third-order valence-electron chi connectivity index (χ3n) is 1.19. The van der Waals surface area contributed by atoms with E-state index in [-0.39, 0.29) is 6.61 Å². The summed E-state index contributed by atoms with van der Waals surface area (Å²) in [6.45, 7) is -0.0223. The molecule has 1 aromatic rings. The van der Waals surface area contributed by atoms with Crippen LogP contribution in [0.25, 0.3) is 0 Å². The highest BCUT2D eigenvalue weighted by atomic mass is 79.9. The summed E-state index contributed by atoms with van der Waals surface area (Å²) >= 11 is 3.19. The molecule has 0 fully saturated rings. The van der Waals surface area contributed by atoms with E-state index in [2.05, 4.69) is 15.9 Å². The van der Waals surface area contributed by atoms with Crippen molar-refractivity contribution in [3.8, 4) is 0 Å². The zero-order chi connectivity index (χ0) is 8.27. The fourth-order valence-corrected chi connectivity index (χ4v) is 1.12.